The Hall–Kier alpha value is -0.580. The lowest BCUT2D eigenvalue weighted by Crippen LogP contribution is -2.33. The van der Waals surface area contributed by atoms with Crippen molar-refractivity contribution in [2.24, 2.45) is 5.92 Å². The number of hydrogen-bond donors (Lipinski definition) is 1. The van der Waals surface area contributed by atoms with E-state index in [4.69, 9.17) is 4.74 Å². The summed E-state index contributed by atoms with van der Waals surface area (Å²) in [6.07, 6.45) is 2.75. The zero-order valence-corrected chi connectivity index (χ0v) is 13.9. The molecule has 0 aliphatic carbocycles. The molecule has 3 nitrogen and oxygen atoms in total. The second-order valence-electron chi connectivity index (χ2n) is 5.62. The van der Waals surface area contributed by atoms with E-state index >= 15 is 0 Å². The Balaban J connectivity index is 1.51. The van der Waals surface area contributed by atoms with E-state index in [1.54, 1.807) is 0 Å². The van der Waals surface area contributed by atoms with Crippen LogP contribution in [0.1, 0.15) is 19.8 Å². The Morgan fingerprint density at radius 3 is 2.65 bits per heavy atom. The molecule has 112 valence electrons. The molecule has 0 radical (unpaired) electrons. The van der Waals surface area contributed by atoms with E-state index in [9.17, 15) is 0 Å². The van der Waals surface area contributed by atoms with Crippen LogP contribution in [0.3, 0.4) is 0 Å². The number of hydrogen-bond acceptors (Lipinski definition) is 3. The quantitative estimate of drug-likeness (QED) is 0.735. The number of likely N-dealkylation sites (tertiary alicyclic amines) is 1. The number of rotatable bonds is 8. The lowest BCUT2D eigenvalue weighted by molar-refractivity contribution is 0.272. The van der Waals surface area contributed by atoms with E-state index in [0.29, 0.717) is 5.92 Å². The van der Waals surface area contributed by atoms with Crippen LogP contribution in [0.5, 0.6) is 5.75 Å². The minimum Gasteiger partial charge on any atom is -0.492 e. The molecule has 0 spiro atoms. The van der Waals surface area contributed by atoms with Gasteiger partial charge in [-0.2, -0.15) is 0 Å². The molecule has 0 aromatic heterocycles. The Bertz CT molecular complexity index is 377. The molecule has 1 unspecified atom stereocenters. The first kappa shape index (κ1) is 15.8. The zero-order valence-electron chi connectivity index (χ0n) is 12.3. The van der Waals surface area contributed by atoms with Crippen molar-refractivity contribution in [2.45, 2.75) is 19.8 Å². The summed E-state index contributed by atoms with van der Waals surface area (Å²) in [4.78, 5) is 2.57. The summed E-state index contributed by atoms with van der Waals surface area (Å²) in [5.74, 6) is 1.64. The summed E-state index contributed by atoms with van der Waals surface area (Å²) in [6, 6.07) is 7.97. The maximum atomic E-state index is 5.68. The standard InChI is InChI=1S/C16H25BrN2O/c1-14(13-19-9-2-3-10-19)12-18-8-11-20-16-6-4-15(17)5-7-16/h4-7,14,18H,2-3,8-13H2,1H3. The average molecular weight is 341 g/mol. The Kier molecular flexibility index (Phi) is 6.83. The molecule has 0 saturated carbocycles. The minimum absolute atomic E-state index is 0.709. The SMILES string of the molecule is CC(CNCCOc1ccc(Br)cc1)CN1CCCC1. The van der Waals surface area contributed by atoms with Crippen LogP contribution in [-0.2, 0) is 0 Å². The van der Waals surface area contributed by atoms with Crippen molar-refractivity contribution in [2.75, 3.05) is 39.3 Å². The summed E-state index contributed by atoms with van der Waals surface area (Å²) >= 11 is 3.42. The van der Waals surface area contributed by atoms with Gasteiger partial charge in [-0.25, -0.2) is 0 Å². The summed E-state index contributed by atoms with van der Waals surface area (Å²) in [5.41, 5.74) is 0. The molecule has 0 bridgehead atoms. The van der Waals surface area contributed by atoms with Gasteiger partial charge in [0.2, 0.25) is 0 Å². The zero-order chi connectivity index (χ0) is 14.2. The fourth-order valence-electron chi connectivity index (χ4n) is 2.59. The number of ether oxygens (including phenoxy) is 1. The number of nitrogens with one attached hydrogen (secondary N) is 1. The lowest BCUT2D eigenvalue weighted by Gasteiger charge is -2.20. The molecule has 1 aliphatic rings. The van der Waals surface area contributed by atoms with E-state index in [1.807, 2.05) is 24.3 Å². The molecule has 2 rings (SSSR count). The molecule has 1 heterocycles. The highest BCUT2D eigenvalue weighted by Gasteiger charge is 2.13. The number of halogens is 1. The monoisotopic (exact) mass is 340 g/mol. The van der Waals surface area contributed by atoms with E-state index in [-0.39, 0.29) is 0 Å². The van der Waals surface area contributed by atoms with E-state index in [1.165, 1.54) is 32.5 Å². The maximum absolute atomic E-state index is 5.68. The lowest BCUT2D eigenvalue weighted by atomic mass is 10.1. The van der Waals surface area contributed by atoms with Gasteiger partial charge in [-0.1, -0.05) is 22.9 Å². The molecule has 1 aromatic rings. The fourth-order valence-corrected chi connectivity index (χ4v) is 2.86. The van der Waals surface area contributed by atoms with Gasteiger partial charge in [-0.05, 0) is 62.7 Å². The van der Waals surface area contributed by atoms with Gasteiger partial charge in [0.25, 0.3) is 0 Å². The molecule has 1 aromatic carbocycles. The molecule has 4 heteroatoms. The van der Waals surface area contributed by atoms with Crippen molar-refractivity contribution in [1.82, 2.24) is 10.2 Å². The summed E-state index contributed by atoms with van der Waals surface area (Å²) in [5, 5.41) is 3.48. The van der Waals surface area contributed by atoms with Crippen molar-refractivity contribution in [3.63, 3.8) is 0 Å². The topological polar surface area (TPSA) is 24.5 Å². The maximum Gasteiger partial charge on any atom is 0.119 e. The van der Waals surface area contributed by atoms with Crippen LogP contribution in [0.15, 0.2) is 28.7 Å². The molecule has 1 N–H and O–H groups in total. The van der Waals surface area contributed by atoms with Crippen molar-refractivity contribution in [1.29, 1.82) is 0 Å². The van der Waals surface area contributed by atoms with Gasteiger partial charge in [0.05, 0.1) is 0 Å². The Morgan fingerprint density at radius 2 is 1.95 bits per heavy atom. The van der Waals surface area contributed by atoms with Crippen LogP contribution in [0.25, 0.3) is 0 Å². The van der Waals surface area contributed by atoms with Gasteiger partial charge in [-0.15, -0.1) is 0 Å². The molecule has 1 saturated heterocycles. The van der Waals surface area contributed by atoms with Gasteiger partial charge in [0, 0.05) is 17.6 Å². The van der Waals surface area contributed by atoms with Gasteiger partial charge < -0.3 is 15.0 Å². The van der Waals surface area contributed by atoms with E-state index < -0.39 is 0 Å². The molecule has 0 amide bonds. The highest BCUT2D eigenvalue weighted by molar-refractivity contribution is 9.10. The van der Waals surface area contributed by atoms with Crippen molar-refractivity contribution < 1.29 is 4.74 Å². The van der Waals surface area contributed by atoms with Crippen molar-refractivity contribution in [3.05, 3.63) is 28.7 Å². The first-order valence-electron chi connectivity index (χ1n) is 7.55. The molecular weight excluding hydrogens is 316 g/mol. The van der Waals surface area contributed by atoms with Crippen LogP contribution >= 0.6 is 15.9 Å². The normalized spacial score (nSPS) is 17.3. The molecular formula is C16H25BrN2O. The number of nitrogens with zero attached hydrogens (tertiary/aromatic N) is 1. The number of benzene rings is 1. The van der Waals surface area contributed by atoms with Crippen molar-refractivity contribution >= 4 is 15.9 Å². The summed E-state index contributed by atoms with van der Waals surface area (Å²) in [7, 11) is 0. The first-order valence-corrected chi connectivity index (χ1v) is 8.35. The molecule has 1 atom stereocenters. The van der Waals surface area contributed by atoms with E-state index in [0.717, 1.165) is 29.9 Å². The van der Waals surface area contributed by atoms with Gasteiger partial charge in [0.15, 0.2) is 0 Å². The smallest absolute Gasteiger partial charge is 0.119 e. The average Bonchev–Trinajstić information content (AvgIpc) is 2.93. The van der Waals surface area contributed by atoms with E-state index in [2.05, 4.69) is 33.1 Å². The third-order valence-electron chi connectivity index (χ3n) is 3.62. The van der Waals surface area contributed by atoms with Crippen molar-refractivity contribution in [3.8, 4) is 5.75 Å². The van der Waals surface area contributed by atoms with Crippen LogP contribution in [-0.4, -0.2) is 44.2 Å². The minimum atomic E-state index is 0.709. The van der Waals surface area contributed by atoms with Crippen LogP contribution in [0.2, 0.25) is 0 Å². The predicted molar refractivity (Wildman–Crippen MR) is 87.3 cm³/mol. The molecule has 1 fully saturated rings. The second kappa shape index (κ2) is 8.65. The summed E-state index contributed by atoms with van der Waals surface area (Å²) < 4.78 is 6.76. The summed E-state index contributed by atoms with van der Waals surface area (Å²) in [6.45, 7) is 8.81. The van der Waals surface area contributed by atoms with Crippen LogP contribution in [0, 0.1) is 5.92 Å². The molecule has 20 heavy (non-hydrogen) atoms. The second-order valence-corrected chi connectivity index (χ2v) is 6.54. The first-order chi connectivity index (χ1) is 9.74. The Labute approximate surface area is 130 Å². The fraction of sp³-hybridized carbons (Fsp3) is 0.625. The predicted octanol–water partition coefficient (Wildman–Crippen LogP) is 3.15. The van der Waals surface area contributed by atoms with Crippen LogP contribution < -0.4 is 10.1 Å². The Morgan fingerprint density at radius 1 is 1.25 bits per heavy atom. The van der Waals surface area contributed by atoms with Gasteiger partial charge in [0.1, 0.15) is 12.4 Å². The molecule has 1 aliphatic heterocycles. The highest BCUT2D eigenvalue weighted by atomic mass is 79.9. The van der Waals surface area contributed by atoms with Gasteiger partial charge in [-0.3, -0.25) is 0 Å². The highest BCUT2D eigenvalue weighted by Crippen LogP contribution is 2.15. The largest absolute Gasteiger partial charge is 0.492 e. The van der Waals surface area contributed by atoms with Crippen LogP contribution in [0.4, 0.5) is 0 Å². The third kappa shape index (κ3) is 5.81. The third-order valence-corrected chi connectivity index (χ3v) is 4.15. The van der Waals surface area contributed by atoms with Gasteiger partial charge >= 0.3 is 0 Å².